The normalized spacial score (nSPS) is 12.1. The highest BCUT2D eigenvalue weighted by Gasteiger charge is 2.23. The fraction of sp³-hybridized carbons (Fsp3) is 0. The van der Waals surface area contributed by atoms with E-state index in [1.807, 2.05) is 6.07 Å². The van der Waals surface area contributed by atoms with Gasteiger partial charge in [0.1, 0.15) is 9.79 Å². The van der Waals surface area contributed by atoms with E-state index in [0.717, 1.165) is 11.6 Å². The van der Waals surface area contributed by atoms with Gasteiger partial charge in [-0.2, -0.15) is 16.8 Å². The minimum atomic E-state index is -4.65. The molecule has 2 N–H and O–H groups in total. The fourth-order valence-corrected chi connectivity index (χ4v) is 4.12. The standard InChI is InChI=1S/C18H14O6S2/c19-25(20,21)17-9-5-4-8-15(17)16-11-10-14(12-18(16)26(22,23)24)13-6-2-1-3-7-13/h1-12H,(H,19,20,21)(H,22,23,24). The maximum Gasteiger partial charge on any atom is 0.295 e. The van der Waals surface area contributed by atoms with Crippen molar-refractivity contribution in [2.24, 2.45) is 0 Å². The van der Waals surface area contributed by atoms with Gasteiger partial charge >= 0.3 is 0 Å². The molecule has 0 spiro atoms. The Kier molecular flexibility index (Phi) is 4.68. The number of rotatable bonds is 4. The van der Waals surface area contributed by atoms with Crippen molar-refractivity contribution >= 4 is 20.2 Å². The number of hydrogen-bond donors (Lipinski definition) is 2. The van der Waals surface area contributed by atoms with Gasteiger partial charge in [-0.3, -0.25) is 9.11 Å². The summed E-state index contributed by atoms with van der Waals surface area (Å²) in [5, 5.41) is 0. The molecule has 0 radical (unpaired) electrons. The van der Waals surface area contributed by atoms with Crippen LogP contribution in [0.3, 0.4) is 0 Å². The van der Waals surface area contributed by atoms with E-state index in [2.05, 4.69) is 0 Å². The molecule has 0 aliphatic heterocycles. The third-order valence-corrected chi connectivity index (χ3v) is 5.63. The highest BCUT2D eigenvalue weighted by molar-refractivity contribution is 7.86. The van der Waals surface area contributed by atoms with Crippen molar-refractivity contribution in [1.29, 1.82) is 0 Å². The predicted octanol–water partition coefficient (Wildman–Crippen LogP) is 3.51. The van der Waals surface area contributed by atoms with Crippen LogP contribution in [0.1, 0.15) is 0 Å². The van der Waals surface area contributed by atoms with Crippen molar-refractivity contribution in [2.45, 2.75) is 9.79 Å². The monoisotopic (exact) mass is 390 g/mol. The van der Waals surface area contributed by atoms with Crippen molar-refractivity contribution in [3.63, 3.8) is 0 Å². The molecule has 0 unspecified atom stereocenters. The SMILES string of the molecule is O=S(=O)(O)c1ccccc1-c1ccc(-c2ccccc2)cc1S(=O)(=O)O. The lowest BCUT2D eigenvalue weighted by Crippen LogP contribution is -2.05. The molecule has 0 heterocycles. The minimum absolute atomic E-state index is 0.0257. The van der Waals surface area contributed by atoms with E-state index in [1.54, 1.807) is 30.3 Å². The Bertz CT molecular complexity index is 1170. The van der Waals surface area contributed by atoms with Gasteiger partial charge in [0.25, 0.3) is 20.2 Å². The van der Waals surface area contributed by atoms with Crippen LogP contribution in [-0.4, -0.2) is 25.9 Å². The van der Waals surface area contributed by atoms with Gasteiger partial charge in [-0.25, -0.2) is 0 Å². The zero-order chi connectivity index (χ0) is 18.9. The lowest BCUT2D eigenvalue weighted by atomic mass is 10.00. The molecule has 3 aromatic carbocycles. The van der Waals surface area contributed by atoms with E-state index < -0.39 is 30.0 Å². The van der Waals surface area contributed by atoms with Crippen molar-refractivity contribution in [1.82, 2.24) is 0 Å². The molecule has 8 heteroatoms. The summed E-state index contributed by atoms with van der Waals surface area (Å²) in [4.78, 5) is -0.896. The molecule has 3 rings (SSSR count). The number of hydrogen-bond acceptors (Lipinski definition) is 4. The largest absolute Gasteiger partial charge is 0.295 e. The molecule has 0 bridgehead atoms. The van der Waals surface area contributed by atoms with Crippen molar-refractivity contribution in [2.75, 3.05) is 0 Å². The molecular weight excluding hydrogens is 376 g/mol. The first-order chi connectivity index (χ1) is 12.2. The maximum atomic E-state index is 11.9. The first kappa shape index (κ1) is 18.3. The van der Waals surface area contributed by atoms with Gasteiger partial charge in [0.2, 0.25) is 0 Å². The Morgan fingerprint density at radius 3 is 1.69 bits per heavy atom. The van der Waals surface area contributed by atoms with E-state index in [1.165, 1.54) is 30.3 Å². The molecule has 0 aromatic heterocycles. The zero-order valence-corrected chi connectivity index (χ0v) is 14.9. The summed E-state index contributed by atoms with van der Waals surface area (Å²) >= 11 is 0. The van der Waals surface area contributed by atoms with E-state index in [9.17, 15) is 25.9 Å². The lowest BCUT2D eigenvalue weighted by molar-refractivity contribution is 0.480. The van der Waals surface area contributed by atoms with Gasteiger partial charge in [-0.1, -0.05) is 60.7 Å². The summed E-state index contributed by atoms with van der Waals surface area (Å²) in [5.74, 6) is 0. The van der Waals surface area contributed by atoms with E-state index in [-0.39, 0.29) is 11.1 Å². The molecule has 0 amide bonds. The Morgan fingerprint density at radius 2 is 1.08 bits per heavy atom. The molecule has 0 aliphatic carbocycles. The predicted molar refractivity (Wildman–Crippen MR) is 96.9 cm³/mol. The highest BCUT2D eigenvalue weighted by atomic mass is 32.2. The van der Waals surface area contributed by atoms with Crippen molar-refractivity contribution in [3.05, 3.63) is 72.8 Å². The molecule has 6 nitrogen and oxygen atoms in total. The first-order valence-electron chi connectivity index (χ1n) is 7.42. The van der Waals surface area contributed by atoms with Crippen molar-refractivity contribution < 1.29 is 25.9 Å². The average molecular weight is 390 g/mol. The van der Waals surface area contributed by atoms with Gasteiger partial charge < -0.3 is 0 Å². The Balaban J connectivity index is 2.31. The fourth-order valence-electron chi connectivity index (χ4n) is 2.68. The highest BCUT2D eigenvalue weighted by Crippen LogP contribution is 2.35. The van der Waals surface area contributed by atoms with Gasteiger partial charge in [-0.15, -0.1) is 0 Å². The maximum absolute atomic E-state index is 11.9. The summed E-state index contributed by atoms with van der Waals surface area (Å²) in [6, 6.07) is 18.6. The van der Waals surface area contributed by atoms with E-state index in [0.29, 0.717) is 5.56 Å². The van der Waals surface area contributed by atoms with E-state index >= 15 is 0 Å². The van der Waals surface area contributed by atoms with Crippen LogP contribution in [0.25, 0.3) is 22.3 Å². The van der Waals surface area contributed by atoms with Gasteiger partial charge in [-0.05, 0) is 23.3 Å². The summed E-state index contributed by atoms with van der Waals surface area (Å²) in [6.07, 6.45) is 0. The minimum Gasteiger partial charge on any atom is -0.282 e. The Labute approximate surface area is 151 Å². The third kappa shape index (κ3) is 3.68. The summed E-state index contributed by atoms with van der Waals surface area (Å²) in [5.41, 5.74) is 1.21. The summed E-state index contributed by atoms with van der Waals surface area (Å²) < 4.78 is 66.1. The molecule has 0 atom stereocenters. The molecule has 0 fully saturated rings. The average Bonchev–Trinajstić information content (AvgIpc) is 2.60. The molecule has 0 aliphatic rings. The second-order valence-electron chi connectivity index (χ2n) is 5.52. The molecular formula is C18H14O6S2. The van der Waals surface area contributed by atoms with Crippen LogP contribution in [0.15, 0.2) is 82.6 Å². The third-order valence-electron chi connectivity index (χ3n) is 3.82. The van der Waals surface area contributed by atoms with Gasteiger partial charge in [0.15, 0.2) is 0 Å². The Hall–Kier alpha value is -2.52. The molecule has 0 saturated heterocycles. The van der Waals surface area contributed by atoms with Gasteiger partial charge in [0.05, 0.1) is 0 Å². The summed E-state index contributed by atoms with van der Waals surface area (Å²) in [7, 11) is -9.23. The molecule has 26 heavy (non-hydrogen) atoms. The van der Waals surface area contributed by atoms with Crippen LogP contribution < -0.4 is 0 Å². The van der Waals surface area contributed by atoms with Crippen LogP contribution in [0, 0.1) is 0 Å². The number of benzene rings is 3. The zero-order valence-electron chi connectivity index (χ0n) is 13.3. The second kappa shape index (κ2) is 6.65. The lowest BCUT2D eigenvalue weighted by Gasteiger charge is -2.13. The quantitative estimate of drug-likeness (QED) is 0.660. The second-order valence-corrected chi connectivity index (χ2v) is 8.30. The van der Waals surface area contributed by atoms with E-state index in [4.69, 9.17) is 0 Å². The molecule has 0 saturated carbocycles. The molecule has 3 aromatic rings. The summed E-state index contributed by atoms with van der Waals surface area (Å²) in [6.45, 7) is 0. The topological polar surface area (TPSA) is 109 Å². The molecule has 134 valence electrons. The van der Waals surface area contributed by atoms with Crippen LogP contribution >= 0.6 is 0 Å². The van der Waals surface area contributed by atoms with Crippen LogP contribution in [0.2, 0.25) is 0 Å². The van der Waals surface area contributed by atoms with Crippen LogP contribution in [0.5, 0.6) is 0 Å². The van der Waals surface area contributed by atoms with Gasteiger partial charge in [0, 0.05) is 11.1 Å². The first-order valence-corrected chi connectivity index (χ1v) is 10.3. The Morgan fingerprint density at radius 1 is 0.538 bits per heavy atom. The van der Waals surface area contributed by atoms with Crippen LogP contribution in [-0.2, 0) is 20.2 Å². The van der Waals surface area contributed by atoms with Crippen LogP contribution in [0.4, 0.5) is 0 Å². The van der Waals surface area contributed by atoms with Crippen molar-refractivity contribution in [3.8, 4) is 22.3 Å². The smallest absolute Gasteiger partial charge is 0.282 e.